The van der Waals surface area contributed by atoms with Gasteiger partial charge in [-0.05, 0) is 12.8 Å². The average Bonchev–Trinajstić information content (AvgIpc) is 2.13. The van der Waals surface area contributed by atoms with E-state index in [1.807, 2.05) is 0 Å². The molecule has 1 aliphatic rings. The Hall–Kier alpha value is 0.344. The molecule has 0 aliphatic carbocycles. The van der Waals surface area contributed by atoms with Gasteiger partial charge in [-0.15, -0.1) is 0 Å². The van der Waals surface area contributed by atoms with Crippen molar-refractivity contribution in [2.75, 3.05) is 5.75 Å². The fourth-order valence-corrected chi connectivity index (χ4v) is 7.16. The van der Waals surface area contributed by atoms with Crippen LogP contribution in [-0.2, 0) is 14.0 Å². The molecule has 60 valence electrons. The van der Waals surface area contributed by atoms with Gasteiger partial charge in [-0.25, -0.2) is 8.42 Å². The first-order valence-corrected chi connectivity index (χ1v) is 7.30. The van der Waals surface area contributed by atoms with E-state index in [1.54, 1.807) is 0 Å². The minimum atomic E-state index is -2.69. The van der Waals surface area contributed by atoms with Gasteiger partial charge >= 0.3 is 0 Å². The van der Waals surface area contributed by atoms with Crippen LogP contribution in [0.5, 0.6) is 0 Å². The van der Waals surface area contributed by atoms with Gasteiger partial charge in [0, 0.05) is 0 Å². The SMILES string of the molecule is O=S1(=O)CCCC1[SiH2]O[SiH3]. The number of hydrogen-bond donors (Lipinski definition) is 0. The highest BCUT2D eigenvalue weighted by Gasteiger charge is 2.30. The number of sulfone groups is 1. The summed E-state index contributed by atoms with van der Waals surface area (Å²) in [6.07, 6.45) is 1.71. The standard InChI is InChI=1S/C4H12O3SSi2/c5-8(6)3-1-2-4(8)10-7-9/h4H,1-3,10H2,9H3. The third-order valence-corrected chi connectivity index (χ3v) is 7.97. The average molecular weight is 196 g/mol. The Balaban J connectivity index is 2.60. The van der Waals surface area contributed by atoms with Crippen LogP contribution in [0.3, 0.4) is 0 Å². The largest absolute Gasteiger partial charge is 0.467 e. The van der Waals surface area contributed by atoms with Crippen LogP contribution in [0.1, 0.15) is 12.8 Å². The van der Waals surface area contributed by atoms with E-state index >= 15 is 0 Å². The van der Waals surface area contributed by atoms with Crippen molar-refractivity contribution in [2.24, 2.45) is 0 Å². The monoisotopic (exact) mass is 196 g/mol. The summed E-state index contributed by atoms with van der Waals surface area (Å²) in [5.74, 6) is 0.398. The lowest BCUT2D eigenvalue weighted by Crippen LogP contribution is -2.24. The fourth-order valence-electron chi connectivity index (χ4n) is 1.23. The molecule has 0 spiro atoms. The fraction of sp³-hybridized carbons (Fsp3) is 1.00. The first-order valence-electron chi connectivity index (χ1n) is 3.37. The second-order valence-electron chi connectivity index (χ2n) is 2.59. The molecule has 0 saturated carbocycles. The lowest BCUT2D eigenvalue weighted by molar-refractivity contribution is 0.593. The van der Waals surface area contributed by atoms with Gasteiger partial charge in [0.05, 0.1) is 10.6 Å². The Morgan fingerprint density at radius 2 is 2.30 bits per heavy atom. The molecular formula is C4H12O3SSi2. The van der Waals surface area contributed by atoms with Crippen LogP contribution >= 0.6 is 0 Å². The molecule has 1 unspecified atom stereocenters. The minimum absolute atomic E-state index is 0.0509. The molecule has 0 radical (unpaired) electrons. The molecular weight excluding hydrogens is 184 g/mol. The van der Waals surface area contributed by atoms with Gasteiger partial charge in [0.25, 0.3) is 0 Å². The van der Waals surface area contributed by atoms with Crippen LogP contribution in [0.4, 0.5) is 0 Å². The molecule has 0 aromatic heterocycles. The van der Waals surface area contributed by atoms with Crippen LogP contribution in [0.2, 0.25) is 0 Å². The molecule has 3 nitrogen and oxygen atoms in total. The molecule has 0 N–H and O–H groups in total. The van der Waals surface area contributed by atoms with Gasteiger partial charge in [0.2, 0.25) is 0 Å². The Kier molecular flexibility index (Phi) is 2.67. The van der Waals surface area contributed by atoms with E-state index < -0.39 is 19.6 Å². The number of hydrogen-bond acceptors (Lipinski definition) is 3. The predicted molar refractivity (Wildman–Crippen MR) is 46.4 cm³/mol. The first-order chi connectivity index (χ1) is 4.67. The van der Waals surface area contributed by atoms with E-state index in [9.17, 15) is 8.42 Å². The third-order valence-electron chi connectivity index (χ3n) is 1.82. The second kappa shape index (κ2) is 3.16. The van der Waals surface area contributed by atoms with Crippen molar-refractivity contribution in [2.45, 2.75) is 17.7 Å². The van der Waals surface area contributed by atoms with E-state index in [1.165, 1.54) is 0 Å². The van der Waals surface area contributed by atoms with E-state index in [2.05, 4.69) is 0 Å². The van der Waals surface area contributed by atoms with E-state index in [4.69, 9.17) is 4.12 Å². The lowest BCUT2D eigenvalue weighted by Gasteiger charge is -2.05. The van der Waals surface area contributed by atoms with Gasteiger partial charge in [0.1, 0.15) is 10.5 Å². The normalized spacial score (nSPS) is 32.2. The van der Waals surface area contributed by atoms with Crippen molar-refractivity contribution < 1.29 is 12.5 Å². The molecule has 10 heavy (non-hydrogen) atoms. The minimum Gasteiger partial charge on any atom is -0.467 e. The highest BCUT2D eigenvalue weighted by atomic mass is 32.2. The lowest BCUT2D eigenvalue weighted by atomic mass is 10.4. The topological polar surface area (TPSA) is 43.4 Å². The van der Waals surface area contributed by atoms with Gasteiger partial charge in [0.15, 0.2) is 19.6 Å². The zero-order valence-corrected chi connectivity index (χ0v) is 10.3. The molecule has 1 saturated heterocycles. The quantitative estimate of drug-likeness (QED) is 0.475. The Morgan fingerprint density at radius 1 is 1.60 bits per heavy atom. The molecule has 0 aromatic rings. The summed E-state index contributed by atoms with van der Waals surface area (Å²) in [5.41, 5.74) is 0. The summed E-state index contributed by atoms with van der Waals surface area (Å²) in [6.45, 7) is 0. The maximum absolute atomic E-state index is 11.1. The van der Waals surface area contributed by atoms with Crippen molar-refractivity contribution in [3.8, 4) is 0 Å². The summed E-state index contributed by atoms with van der Waals surface area (Å²) >= 11 is 0. The molecule has 0 aromatic carbocycles. The molecule has 1 aliphatic heterocycles. The summed E-state index contributed by atoms with van der Waals surface area (Å²) < 4.78 is 27.3. The van der Waals surface area contributed by atoms with Crippen molar-refractivity contribution in [3.63, 3.8) is 0 Å². The predicted octanol–water partition coefficient (Wildman–Crippen LogP) is -2.10. The Bertz CT molecular complexity index is 201. The van der Waals surface area contributed by atoms with Gasteiger partial charge in [-0.3, -0.25) is 0 Å². The summed E-state index contributed by atoms with van der Waals surface area (Å²) in [4.78, 5) is -0.0509. The van der Waals surface area contributed by atoms with Crippen molar-refractivity contribution in [1.82, 2.24) is 0 Å². The molecule has 1 heterocycles. The summed E-state index contributed by atoms with van der Waals surface area (Å²) in [7, 11) is -2.72. The molecule has 1 rings (SSSR count). The molecule has 1 atom stereocenters. The second-order valence-corrected chi connectivity index (χ2v) is 9.21. The summed E-state index contributed by atoms with van der Waals surface area (Å²) in [5, 5.41) is 0. The molecule has 6 heteroatoms. The van der Waals surface area contributed by atoms with Crippen LogP contribution in [0.25, 0.3) is 0 Å². The van der Waals surface area contributed by atoms with E-state index in [0.29, 0.717) is 16.2 Å². The maximum Gasteiger partial charge on any atom is 0.164 e. The van der Waals surface area contributed by atoms with Gasteiger partial charge < -0.3 is 4.12 Å². The van der Waals surface area contributed by atoms with Gasteiger partial charge in [-0.1, -0.05) is 0 Å². The molecule has 0 amide bonds. The van der Waals surface area contributed by atoms with Crippen LogP contribution in [-0.4, -0.2) is 39.3 Å². The number of rotatable bonds is 2. The highest BCUT2D eigenvalue weighted by Crippen LogP contribution is 2.18. The van der Waals surface area contributed by atoms with Crippen molar-refractivity contribution in [1.29, 1.82) is 0 Å². The van der Waals surface area contributed by atoms with Crippen LogP contribution in [0, 0.1) is 0 Å². The molecule has 0 bridgehead atoms. The van der Waals surface area contributed by atoms with Crippen molar-refractivity contribution in [3.05, 3.63) is 0 Å². The smallest absolute Gasteiger partial charge is 0.164 e. The molecule has 1 fully saturated rings. The van der Waals surface area contributed by atoms with Crippen LogP contribution < -0.4 is 0 Å². The van der Waals surface area contributed by atoms with Crippen LogP contribution in [0.15, 0.2) is 0 Å². The Morgan fingerprint density at radius 3 is 2.70 bits per heavy atom. The Labute approximate surface area is 66.6 Å². The maximum atomic E-state index is 11.1. The van der Waals surface area contributed by atoms with E-state index in [-0.39, 0.29) is 4.87 Å². The zero-order valence-electron chi connectivity index (χ0n) is 6.04. The highest BCUT2D eigenvalue weighted by molar-refractivity contribution is 7.93. The summed E-state index contributed by atoms with van der Waals surface area (Å²) in [6, 6.07) is 0. The zero-order chi connectivity index (χ0) is 7.61. The third kappa shape index (κ3) is 1.68. The van der Waals surface area contributed by atoms with Gasteiger partial charge in [-0.2, -0.15) is 0 Å². The van der Waals surface area contributed by atoms with E-state index in [0.717, 1.165) is 12.8 Å². The van der Waals surface area contributed by atoms with Crippen molar-refractivity contribution >= 4 is 30.1 Å². The first kappa shape index (κ1) is 8.44.